The molecule has 5 nitrogen and oxygen atoms in total. The molecule has 0 atom stereocenters. The van der Waals surface area contributed by atoms with Gasteiger partial charge in [-0.3, -0.25) is 5.32 Å². The fourth-order valence-corrected chi connectivity index (χ4v) is 1.23. The Morgan fingerprint density at radius 1 is 1.33 bits per heavy atom. The molecule has 0 aliphatic rings. The highest BCUT2D eigenvalue weighted by molar-refractivity contribution is 5.91. The third-order valence-corrected chi connectivity index (χ3v) is 1.96. The number of anilines is 1. The molecule has 1 rings (SSSR count). The summed E-state index contributed by atoms with van der Waals surface area (Å²) in [6.45, 7) is 3.39. The molecular weight excluding hydrogens is 241 g/mol. The summed E-state index contributed by atoms with van der Waals surface area (Å²) in [7, 11) is 1.16. The predicted molar refractivity (Wildman–Crippen MR) is 63.0 cm³/mol. The molecule has 98 valence electrons. The number of nitrogens with one attached hydrogen (secondary N) is 1. The second kappa shape index (κ2) is 6.00. The molecule has 0 unspecified atom stereocenters. The maximum atomic E-state index is 13.5. The zero-order valence-electron chi connectivity index (χ0n) is 10.3. The van der Waals surface area contributed by atoms with Crippen LogP contribution in [0.3, 0.4) is 0 Å². The van der Waals surface area contributed by atoms with Crippen LogP contribution in [0, 0.1) is 5.82 Å². The van der Waals surface area contributed by atoms with Gasteiger partial charge in [-0.05, 0) is 32.0 Å². The first-order valence-electron chi connectivity index (χ1n) is 5.29. The van der Waals surface area contributed by atoms with E-state index in [2.05, 4.69) is 10.1 Å². The molecule has 18 heavy (non-hydrogen) atoms. The van der Waals surface area contributed by atoms with Gasteiger partial charge >= 0.3 is 12.1 Å². The molecular formula is C12H14FNO4. The Labute approximate surface area is 104 Å². The Bertz CT molecular complexity index is 459. The van der Waals surface area contributed by atoms with E-state index in [1.165, 1.54) is 12.1 Å². The number of ether oxygens (including phenoxy) is 2. The van der Waals surface area contributed by atoms with Crippen LogP contribution in [-0.2, 0) is 9.47 Å². The average Bonchev–Trinajstić information content (AvgIpc) is 2.27. The zero-order valence-corrected chi connectivity index (χ0v) is 10.3. The molecule has 0 fully saturated rings. The predicted octanol–water partition coefficient (Wildman–Crippen LogP) is 2.57. The van der Waals surface area contributed by atoms with Crippen LogP contribution in [0.4, 0.5) is 14.9 Å². The summed E-state index contributed by atoms with van der Waals surface area (Å²) in [5, 5.41) is 2.34. The summed E-state index contributed by atoms with van der Waals surface area (Å²) in [5.41, 5.74) is 0.00563. The number of carbonyl (C=O) groups excluding carboxylic acids is 2. The molecule has 1 amide bonds. The molecule has 1 aromatic rings. The Hall–Kier alpha value is -2.11. The molecule has 0 saturated heterocycles. The molecule has 1 N–H and O–H groups in total. The lowest BCUT2D eigenvalue weighted by atomic mass is 10.2. The van der Waals surface area contributed by atoms with Crippen molar-refractivity contribution in [2.24, 2.45) is 0 Å². The molecule has 0 heterocycles. The SMILES string of the molecule is COC(=O)c1ccc(NC(=O)OC(C)C)cc1F. The van der Waals surface area contributed by atoms with Crippen molar-refractivity contribution in [3.63, 3.8) is 0 Å². The smallest absolute Gasteiger partial charge is 0.411 e. The number of methoxy groups -OCH3 is 1. The van der Waals surface area contributed by atoms with Gasteiger partial charge in [0.05, 0.1) is 18.8 Å². The highest BCUT2D eigenvalue weighted by Gasteiger charge is 2.13. The van der Waals surface area contributed by atoms with E-state index in [1.807, 2.05) is 0 Å². The average molecular weight is 255 g/mol. The van der Waals surface area contributed by atoms with Crippen LogP contribution >= 0.6 is 0 Å². The number of rotatable bonds is 3. The van der Waals surface area contributed by atoms with Crippen LogP contribution in [0.25, 0.3) is 0 Å². The van der Waals surface area contributed by atoms with E-state index in [1.54, 1.807) is 13.8 Å². The summed E-state index contributed by atoms with van der Waals surface area (Å²) in [6, 6.07) is 3.64. The van der Waals surface area contributed by atoms with E-state index >= 15 is 0 Å². The van der Waals surface area contributed by atoms with Crippen molar-refractivity contribution in [1.29, 1.82) is 0 Å². The van der Waals surface area contributed by atoms with E-state index in [9.17, 15) is 14.0 Å². The molecule has 1 aromatic carbocycles. The van der Waals surface area contributed by atoms with Gasteiger partial charge in [0.15, 0.2) is 0 Å². The summed E-state index contributed by atoms with van der Waals surface area (Å²) in [4.78, 5) is 22.4. The maximum Gasteiger partial charge on any atom is 0.411 e. The minimum atomic E-state index is -0.774. The molecule has 0 aliphatic heterocycles. The van der Waals surface area contributed by atoms with Gasteiger partial charge in [-0.15, -0.1) is 0 Å². The van der Waals surface area contributed by atoms with Gasteiger partial charge in [0.2, 0.25) is 0 Å². The van der Waals surface area contributed by atoms with Crippen molar-refractivity contribution in [1.82, 2.24) is 0 Å². The van der Waals surface area contributed by atoms with Crippen LogP contribution in [0.1, 0.15) is 24.2 Å². The van der Waals surface area contributed by atoms with Gasteiger partial charge in [0, 0.05) is 5.69 Å². The van der Waals surface area contributed by atoms with Crippen molar-refractivity contribution in [2.75, 3.05) is 12.4 Å². The van der Waals surface area contributed by atoms with Gasteiger partial charge in [0.25, 0.3) is 0 Å². The highest BCUT2D eigenvalue weighted by atomic mass is 19.1. The summed E-state index contributed by atoms with van der Waals surface area (Å²) in [5.74, 6) is -1.55. The first kappa shape index (κ1) is 14.0. The standard InChI is InChI=1S/C12H14FNO4/c1-7(2)18-12(16)14-8-4-5-9(10(13)6-8)11(15)17-3/h4-7H,1-3H3,(H,14,16). The molecule has 0 aromatic heterocycles. The highest BCUT2D eigenvalue weighted by Crippen LogP contribution is 2.15. The van der Waals surface area contributed by atoms with Crippen molar-refractivity contribution < 1.29 is 23.5 Å². The van der Waals surface area contributed by atoms with Crippen LogP contribution in [0.15, 0.2) is 18.2 Å². The van der Waals surface area contributed by atoms with Gasteiger partial charge in [-0.2, -0.15) is 0 Å². The quantitative estimate of drug-likeness (QED) is 0.843. The largest absolute Gasteiger partial charge is 0.465 e. The second-order valence-electron chi connectivity index (χ2n) is 3.77. The third-order valence-electron chi connectivity index (χ3n) is 1.96. The first-order valence-corrected chi connectivity index (χ1v) is 5.29. The number of amides is 1. The molecule has 6 heteroatoms. The third kappa shape index (κ3) is 3.73. The van der Waals surface area contributed by atoms with Crippen LogP contribution in [-0.4, -0.2) is 25.3 Å². The number of esters is 1. The number of carbonyl (C=O) groups is 2. The molecule has 0 spiro atoms. The lowest BCUT2D eigenvalue weighted by Gasteiger charge is -2.10. The Balaban J connectivity index is 2.79. The van der Waals surface area contributed by atoms with Gasteiger partial charge in [-0.1, -0.05) is 0 Å². The zero-order chi connectivity index (χ0) is 13.7. The summed E-state index contributed by atoms with van der Waals surface area (Å²) in [6.07, 6.45) is -0.959. The minimum absolute atomic E-state index is 0.194. The Kier molecular flexibility index (Phi) is 4.65. The minimum Gasteiger partial charge on any atom is -0.465 e. The second-order valence-corrected chi connectivity index (χ2v) is 3.77. The number of halogens is 1. The van der Waals surface area contributed by atoms with Crippen molar-refractivity contribution >= 4 is 17.7 Å². The Morgan fingerprint density at radius 2 is 2.00 bits per heavy atom. The van der Waals surface area contributed by atoms with E-state index in [0.29, 0.717) is 0 Å². The molecule has 0 aliphatic carbocycles. The number of hydrogen-bond donors (Lipinski definition) is 1. The normalized spacial score (nSPS) is 10.1. The monoisotopic (exact) mass is 255 g/mol. The van der Waals surface area contributed by atoms with E-state index in [4.69, 9.17) is 4.74 Å². The fourth-order valence-electron chi connectivity index (χ4n) is 1.23. The molecule has 0 bridgehead atoms. The molecule has 0 radical (unpaired) electrons. The summed E-state index contributed by atoms with van der Waals surface area (Å²) >= 11 is 0. The van der Waals surface area contributed by atoms with E-state index < -0.39 is 17.9 Å². The van der Waals surface area contributed by atoms with Crippen LogP contribution in [0.2, 0.25) is 0 Å². The van der Waals surface area contributed by atoms with Gasteiger partial charge < -0.3 is 9.47 Å². The van der Waals surface area contributed by atoms with Crippen molar-refractivity contribution in [3.05, 3.63) is 29.6 Å². The summed E-state index contributed by atoms with van der Waals surface area (Å²) < 4.78 is 22.7. The number of benzene rings is 1. The van der Waals surface area contributed by atoms with Gasteiger partial charge in [-0.25, -0.2) is 14.0 Å². The van der Waals surface area contributed by atoms with Crippen molar-refractivity contribution in [3.8, 4) is 0 Å². The van der Waals surface area contributed by atoms with E-state index in [-0.39, 0.29) is 17.4 Å². The van der Waals surface area contributed by atoms with Crippen LogP contribution in [0.5, 0.6) is 0 Å². The number of hydrogen-bond acceptors (Lipinski definition) is 4. The van der Waals surface area contributed by atoms with E-state index in [0.717, 1.165) is 13.2 Å². The molecule has 0 saturated carbocycles. The lowest BCUT2D eigenvalue weighted by Crippen LogP contribution is -2.18. The maximum absolute atomic E-state index is 13.5. The first-order chi connectivity index (χ1) is 8.43. The lowest BCUT2D eigenvalue weighted by molar-refractivity contribution is 0.0595. The van der Waals surface area contributed by atoms with Gasteiger partial charge in [0.1, 0.15) is 5.82 Å². The Morgan fingerprint density at radius 3 is 2.50 bits per heavy atom. The fraction of sp³-hybridized carbons (Fsp3) is 0.333. The topological polar surface area (TPSA) is 64.6 Å². The van der Waals surface area contributed by atoms with Crippen molar-refractivity contribution in [2.45, 2.75) is 20.0 Å². The van der Waals surface area contributed by atoms with Crippen LogP contribution < -0.4 is 5.32 Å².